The Morgan fingerprint density at radius 3 is 2.24 bits per heavy atom. The van der Waals surface area contributed by atoms with Crippen molar-refractivity contribution in [2.45, 2.75) is 19.4 Å². The van der Waals surface area contributed by atoms with Crippen LogP contribution in [0.5, 0.6) is 0 Å². The van der Waals surface area contributed by atoms with Gasteiger partial charge in [-0.25, -0.2) is 4.98 Å². The molecule has 1 saturated heterocycles. The van der Waals surface area contributed by atoms with Crippen LogP contribution in [-0.4, -0.2) is 29.8 Å². The number of benzene rings is 2. The highest BCUT2D eigenvalue weighted by molar-refractivity contribution is 6.15. The number of nitrogens with zero attached hydrogens (tertiary/aromatic N) is 2. The molecule has 0 unspecified atom stereocenters. The lowest BCUT2D eigenvalue weighted by Gasteiger charge is -2.16. The fourth-order valence-corrected chi connectivity index (χ4v) is 3.56. The van der Waals surface area contributed by atoms with Crippen molar-refractivity contribution in [3.63, 3.8) is 0 Å². The molecule has 5 nitrogen and oxygen atoms in total. The van der Waals surface area contributed by atoms with Crippen LogP contribution in [0.3, 0.4) is 0 Å². The van der Waals surface area contributed by atoms with Crippen molar-refractivity contribution in [3.8, 4) is 0 Å². The Kier molecular flexibility index (Phi) is 5.66. The summed E-state index contributed by atoms with van der Waals surface area (Å²) in [7, 11) is 0. The van der Waals surface area contributed by atoms with E-state index >= 15 is 0 Å². The van der Waals surface area contributed by atoms with E-state index in [9.17, 15) is 9.59 Å². The SMILES string of the molecule is O=C(NCc1ccc(N2CCCC2)nc1)c1ccccc1C(=O)c1ccccc1. The normalized spacial score (nSPS) is 13.3. The van der Waals surface area contributed by atoms with Gasteiger partial charge in [0.2, 0.25) is 0 Å². The summed E-state index contributed by atoms with van der Waals surface area (Å²) in [6.45, 7) is 2.46. The molecule has 4 rings (SSSR count). The average molecular weight is 385 g/mol. The Hall–Kier alpha value is -3.47. The number of hydrogen-bond acceptors (Lipinski definition) is 4. The Morgan fingerprint density at radius 1 is 0.862 bits per heavy atom. The van der Waals surface area contributed by atoms with Crippen LogP contribution in [-0.2, 0) is 6.54 Å². The van der Waals surface area contributed by atoms with Crippen molar-refractivity contribution in [1.82, 2.24) is 10.3 Å². The first-order valence-corrected chi connectivity index (χ1v) is 9.89. The third-order valence-corrected chi connectivity index (χ3v) is 5.14. The topological polar surface area (TPSA) is 62.3 Å². The van der Waals surface area contributed by atoms with Crippen LogP contribution in [0.2, 0.25) is 0 Å². The number of aromatic nitrogens is 1. The van der Waals surface area contributed by atoms with Crippen LogP contribution in [0, 0.1) is 0 Å². The first kappa shape index (κ1) is 18.9. The molecule has 29 heavy (non-hydrogen) atoms. The summed E-state index contributed by atoms with van der Waals surface area (Å²) < 4.78 is 0. The summed E-state index contributed by atoms with van der Waals surface area (Å²) in [5.41, 5.74) is 2.27. The second-order valence-electron chi connectivity index (χ2n) is 7.14. The molecule has 0 bridgehead atoms. The van der Waals surface area contributed by atoms with Crippen molar-refractivity contribution in [2.24, 2.45) is 0 Å². The van der Waals surface area contributed by atoms with Gasteiger partial charge in [0, 0.05) is 37.0 Å². The monoisotopic (exact) mass is 385 g/mol. The van der Waals surface area contributed by atoms with Gasteiger partial charge in [0.05, 0.1) is 5.56 Å². The highest BCUT2D eigenvalue weighted by Gasteiger charge is 2.18. The molecule has 1 N–H and O–H groups in total. The smallest absolute Gasteiger partial charge is 0.252 e. The molecule has 1 aromatic heterocycles. The van der Waals surface area contributed by atoms with Gasteiger partial charge < -0.3 is 10.2 Å². The Bertz CT molecular complexity index is 994. The van der Waals surface area contributed by atoms with Crippen LogP contribution < -0.4 is 10.2 Å². The molecule has 1 fully saturated rings. The maximum absolute atomic E-state index is 12.8. The lowest BCUT2D eigenvalue weighted by Crippen LogP contribution is -2.25. The Morgan fingerprint density at radius 2 is 1.55 bits per heavy atom. The van der Waals surface area contributed by atoms with Crippen molar-refractivity contribution < 1.29 is 9.59 Å². The summed E-state index contributed by atoms with van der Waals surface area (Å²) >= 11 is 0. The van der Waals surface area contributed by atoms with Crippen molar-refractivity contribution in [1.29, 1.82) is 0 Å². The summed E-state index contributed by atoms with van der Waals surface area (Å²) in [6.07, 6.45) is 4.22. The van der Waals surface area contributed by atoms with E-state index in [1.54, 1.807) is 42.6 Å². The fourth-order valence-electron chi connectivity index (χ4n) is 3.56. The van der Waals surface area contributed by atoms with E-state index in [1.807, 2.05) is 30.3 Å². The average Bonchev–Trinajstić information content (AvgIpc) is 3.33. The molecule has 3 aromatic rings. The number of anilines is 1. The third kappa shape index (κ3) is 4.35. The molecule has 0 aliphatic carbocycles. The zero-order valence-corrected chi connectivity index (χ0v) is 16.2. The minimum absolute atomic E-state index is 0.159. The molecular formula is C24H23N3O2. The molecule has 0 radical (unpaired) electrons. The number of rotatable bonds is 6. The molecule has 2 heterocycles. The van der Waals surface area contributed by atoms with E-state index in [1.165, 1.54) is 12.8 Å². The fraction of sp³-hybridized carbons (Fsp3) is 0.208. The molecule has 0 spiro atoms. The van der Waals surface area contributed by atoms with Crippen molar-refractivity contribution in [3.05, 3.63) is 95.2 Å². The van der Waals surface area contributed by atoms with Gasteiger partial charge in [-0.15, -0.1) is 0 Å². The lowest BCUT2D eigenvalue weighted by molar-refractivity contribution is 0.0939. The number of amides is 1. The van der Waals surface area contributed by atoms with Gasteiger partial charge in [-0.2, -0.15) is 0 Å². The largest absolute Gasteiger partial charge is 0.357 e. The van der Waals surface area contributed by atoms with Gasteiger partial charge in [0.15, 0.2) is 5.78 Å². The summed E-state index contributed by atoms with van der Waals surface area (Å²) in [5.74, 6) is 0.554. The highest BCUT2D eigenvalue weighted by Crippen LogP contribution is 2.18. The molecule has 146 valence electrons. The van der Waals surface area contributed by atoms with E-state index < -0.39 is 0 Å². The zero-order valence-electron chi connectivity index (χ0n) is 16.2. The minimum atomic E-state index is -0.270. The second kappa shape index (κ2) is 8.69. The first-order valence-electron chi connectivity index (χ1n) is 9.89. The number of ketones is 1. The van der Waals surface area contributed by atoms with E-state index in [0.29, 0.717) is 23.2 Å². The number of nitrogens with one attached hydrogen (secondary N) is 1. The van der Waals surface area contributed by atoms with E-state index in [0.717, 1.165) is 24.5 Å². The zero-order chi connectivity index (χ0) is 20.1. The summed E-state index contributed by atoms with van der Waals surface area (Å²) in [4.78, 5) is 32.4. The number of pyridine rings is 1. The minimum Gasteiger partial charge on any atom is -0.357 e. The van der Waals surface area contributed by atoms with Gasteiger partial charge in [-0.05, 0) is 30.5 Å². The van der Waals surface area contributed by atoms with Crippen LogP contribution in [0.4, 0.5) is 5.82 Å². The highest BCUT2D eigenvalue weighted by atomic mass is 16.2. The number of carbonyl (C=O) groups excluding carboxylic acids is 2. The third-order valence-electron chi connectivity index (χ3n) is 5.14. The second-order valence-corrected chi connectivity index (χ2v) is 7.14. The summed E-state index contributed by atoms with van der Waals surface area (Å²) in [6, 6.07) is 19.9. The Balaban J connectivity index is 1.44. The maximum atomic E-state index is 12.8. The predicted molar refractivity (Wildman–Crippen MR) is 113 cm³/mol. The van der Waals surface area contributed by atoms with Gasteiger partial charge in [0.1, 0.15) is 5.82 Å². The molecule has 0 saturated carbocycles. The van der Waals surface area contributed by atoms with E-state index in [2.05, 4.69) is 15.2 Å². The molecule has 1 aliphatic rings. The van der Waals surface area contributed by atoms with E-state index in [4.69, 9.17) is 0 Å². The van der Waals surface area contributed by atoms with Gasteiger partial charge >= 0.3 is 0 Å². The van der Waals surface area contributed by atoms with Crippen LogP contribution in [0.1, 0.15) is 44.7 Å². The Labute approximate surface area is 170 Å². The van der Waals surface area contributed by atoms with Crippen molar-refractivity contribution in [2.75, 3.05) is 18.0 Å². The molecule has 0 atom stereocenters. The maximum Gasteiger partial charge on any atom is 0.252 e. The molecule has 1 aliphatic heterocycles. The number of hydrogen-bond donors (Lipinski definition) is 1. The lowest BCUT2D eigenvalue weighted by atomic mass is 9.98. The first-order chi connectivity index (χ1) is 14.2. The summed E-state index contributed by atoms with van der Waals surface area (Å²) in [5, 5.41) is 2.91. The quantitative estimate of drug-likeness (QED) is 0.655. The molecule has 1 amide bonds. The van der Waals surface area contributed by atoms with Crippen LogP contribution in [0.15, 0.2) is 72.9 Å². The molecular weight excluding hydrogens is 362 g/mol. The van der Waals surface area contributed by atoms with Gasteiger partial charge in [0.25, 0.3) is 5.91 Å². The van der Waals surface area contributed by atoms with Crippen molar-refractivity contribution >= 4 is 17.5 Å². The van der Waals surface area contributed by atoms with E-state index in [-0.39, 0.29) is 11.7 Å². The van der Waals surface area contributed by atoms with Gasteiger partial charge in [-0.1, -0.05) is 54.6 Å². The van der Waals surface area contributed by atoms with Gasteiger partial charge in [-0.3, -0.25) is 9.59 Å². The van der Waals surface area contributed by atoms with Crippen LogP contribution >= 0.6 is 0 Å². The number of carbonyl (C=O) groups is 2. The molecule has 5 heteroatoms. The standard InChI is InChI=1S/C24H23N3O2/c28-23(19-8-2-1-3-9-19)20-10-4-5-11-21(20)24(29)26-17-18-12-13-22(25-16-18)27-14-6-7-15-27/h1-5,8-13,16H,6-7,14-15,17H2,(H,26,29). The predicted octanol–water partition coefficient (Wildman–Crippen LogP) is 3.84. The molecule has 2 aromatic carbocycles. The van der Waals surface area contributed by atoms with Crippen LogP contribution in [0.25, 0.3) is 0 Å².